The van der Waals surface area contributed by atoms with Crippen LogP contribution in [0, 0.1) is 5.82 Å². The number of hydrogen-bond acceptors (Lipinski definition) is 2. The Labute approximate surface area is 130 Å². The predicted octanol–water partition coefficient (Wildman–Crippen LogP) is 4.14. The first-order valence-electron chi connectivity index (χ1n) is 6.48. The third kappa shape index (κ3) is 4.12. The number of carbonyl (C=O) groups is 1. The molecule has 0 aliphatic heterocycles. The Balaban J connectivity index is 2.09. The number of halogens is 2. The van der Waals surface area contributed by atoms with Crippen molar-refractivity contribution in [3.05, 3.63) is 69.4 Å². The highest BCUT2D eigenvalue weighted by atomic mass is 79.9. The van der Waals surface area contributed by atoms with E-state index in [1.165, 1.54) is 18.2 Å². The molecule has 0 aliphatic carbocycles. The van der Waals surface area contributed by atoms with Gasteiger partial charge in [-0.25, -0.2) is 9.18 Å². The standard InChI is InChI=1S/C16H15BrFNO2/c1-10(11-3-2-4-14(17)8-11)19-9-13-7-12(16(20)21)5-6-15(13)18/h2-8,10,19H,9H2,1H3,(H,20,21)/t10-/m1/s1. The number of nitrogens with one attached hydrogen (secondary N) is 1. The van der Waals surface area contributed by atoms with E-state index < -0.39 is 11.8 Å². The van der Waals surface area contributed by atoms with E-state index in [1.54, 1.807) is 0 Å². The number of aromatic carboxylic acids is 1. The van der Waals surface area contributed by atoms with Crippen LogP contribution in [0.5, 0.6) is 0 Å². The van der Waals surface area contributed by atoms with Gasteiger partial charge >= 0.3 is 5.97 Å². The van der Waals surface area contributed by atoms with Gasteiger partial charge in [-0.15, -0.1) is 0 Å². The minimum Gasteiger partial charge on any atom is -0.478 e. The molecular weight excluding hydrogens is 337 g/mol. The lowest BCUT2D eigenvalue weighted by Gasteiger charge is -2.15. The first-order chi connectivity index (χ1) is 9.97. The molecule has 0 unspecified atom stereocenters. The van der Waals surface area contributed by atoms with Crippen LogP contribution in [-0.2, 0) is 6.54 Å². The molecule has 0 fully saturated rings. The normalized spacial score (nSPS) is 12.1. The van der Waals surface area contributed by atoms with Gasteiger partial charge in [-0.05, 0) is 42.8 Å². The van der Waals surface area contributed by atoms with Crippen molar-refractivity contribution in [3.63, 3.8) is 0 Å². The third-order valence-corrected chi connectivity index (χ3v) is 3.73. The zero-order valence-corrected chi connectivity index (χ0v) is 13.0. The molecule has 0 radical (unpaired) electrons. The van der Waals surface area contributed by atoms with Crippen molar-refractivity contribution in [3.8, 4) is 0 Å². The van der Waals surface area contributed by atoms with Gasteiger partial charge in [-0.2, -0.15) is 0 Å². The maximum Gasteiger partial charge on any atom is 0.335 e. The molecule has 0 aromatic heterocycles. The van der Waals surface area contributed by atoms with Gasteiger partial charge in [-0.3, -0.25) is 0 Å². The first kappa shape index (κ1) is 15.7. The van der Waals surface area contributed by atoms with Crippen molar-refractivity contribution in [1.29, 1.82) is 0 Å². The second-order valence-electron chi connectivity index (χ2n) is 4.77. The lowest BCUT2D eigenvalue weighted by molar-refractivity contribution is 0.0696. The summed E-state index contributed by atoms with van der Waals surface area (Å²) in [5.41, 5.74) is 1.50. The van der Waals surface area contributed by atoms with Gasteiger partial charge in [-0.1, -0.05) is 28.1 Å². The van der Waals surface area contributed by atoms with Crippen molar-refractivity contribution in [2.24, 2.45) is 0 Å². The largest absolute Gasteiger partial charge is 0.478 e. The topological polar surface area (TPSA) is 49.3 Å². The molecular formula is C16H15BrFNO2. The minimum absolute atomic E-state index is 0.0235. The van der Waals surface area contributed by atoms with Gasteiger partial charge in [0, 0.05) is 22.6 Å². The summed E-state index contributed by atoms with van der Waals surface area (Å²) in [5.74, 6) is -1.47. The zero-order valence-electron chi connectivity index (χ0n) is 11.4. The van der Waals surface area contributed by atoms with Crippen LogP contribution in [0.3, 0.4) is 0 Å². The second-order valence-corrected chi connectivity index (χ2v) is 5.68. The van der Waals surface area contributed by atoms with Crippen molar-refractivity contribution in [2.75, 3.05) is 0 Å². The molecule has 0 heterocycles. The minimum atomic E-state index is -1.06. The van der Waals surface area contributed by atoms with E-state index in [1.807, 2.05) is 31.2 Å². The number of rotatable bonds is 5. The van der Waals surface area contributed by atoms with Crippen molar-refractivity contribution >= 4 is 21.9 Å². The smallest absolute Gasteiger partial charge is 0.335 e. The average molecular weight is 352 g/mol. The van der Waals surface area contributed by atoms with Gasteiger partial charge in [0.15, 0.2) is 0 Å². The second kappa shape index (κ2) is 6.83. The number of benzene rings is 2. The van der Waals surface area contributed by atoms with Gasteiger partial charge in [0.25, 0.3) is 0 Å². The van der Waals surface area contributed by atoms with E-state index >= 15 is 0 Å². The maximum absolute atomic E-state index is 13.7. The summed E-state index contributed by atoms with van der Waals surface area (Å²) in [5, 5.41) is 12.1. The molecule has 0 aliphatic rings. The summed E-state index contributed by atoms with van der Waals surface area (Å²) < 4.78 is 14.7. The van der Waals surface area contributed by atoms with E-state index in [-0.39, 0.29) is 18.2 Å². The highest BCUT2D eigenvalue weighted by Gasteiger charge is 2.10. The summed E-state index contributed by atoms with van der Waals surface area (Å²) in [6, 6.07) is 11.7. The zero-order chi connectivity index (χ0) is 15.4. The molecule has 0 spiro atoms. The lowest BCUT2D eigenvalue weighted by atomic mass is 10.1. The molecule has 0 saturated heterocycles. The molecule has 0 bridgehead atoms. The van der Waals surface area contributed by atoms with E-state index in [2.05, 4.69) is 21.2 Å². The Morgan fingerprint density at radius 2 is 2.10 bits per heavy atom. The fourth-order valence-electron chi connectivity index (χ4n) is 2.00. The summed E-state index contributed by atoms with van der Waals surface area (Å²) in [6.45, 7) is 2.24. The summed E-state index contributed by atoms with van der Waals surface area (Å²) in [4.78, 5) is 10.9. The molecule has 2 rings (SSSR count). The average Bonchev–Trinajstić information content (AvgIpc) is 2.45. The van der Waals surface area contributed by atoms with Crippen LogP contribution >= 0.6 is 15.9 Å². The van der Waals surface area contributed by atoms with Crippen molar-refractivity contribution in [2.45, 2.75) is 19.5 Å². The molecule has 2 aromatic carbocycles. The number of carboxylic acids is 1. The molecule has 110 valence electrons. The van der Waals surface area contributed by atoms with Gasteiger partial charge < -0.3 is 10.4 Å². The molecule has 5 heteroatoms. The summed E-state index contributed by atoms with van der Waals surface area (Å²) in [7, 11) is 0. The quantitative estimate of drug-likeness (QED) is 0.851. The van der Waals surface area contributed by atoms with Crippen LogP contribution in [0.1, 0.15) is 34.5 Å². The summed E-state index contributed by atoms with van der Waals surface area (Å²) >= 11 is 3.41. The number of hydrogen-bond donors (Lipinski definition) is 2. The van der Waals surface area contributed by atoms with Crippen LogP contribution in [0.2, 0.25) is 0 Å². The van der Waals surface area contributed by atoms with Gasteiger partial charge in [0.1, 0.15) is 5.82 Å². The molecule has 0 amide bonds. The van der Waals surface area contributed by atoms with Crippen LogP contribution in [0.25, 0.3) is 0 Å². The SMILES string of the molecule is C[C@@H](NCc1cc(C(=O)O)ccc1F)c1cccc(Br)c1. The Morgan fingerprint density at radius 3 is 2.76 bits per heavy atom. The Kier molecular flexibility index (Phi) is 5.09. The van der Waals surface area contributed by atoms with Crippen molar-refractivity contribution in [1.82, 2.24) is 5.32 Å². The molecule has 3 nitrogen and oxygen atoms in total. The molecule has 2 aromatic rings. The Morgan fingerprint density at radius 1 is 1.33 bits per heavy atom. The van der Waals surface area contributed by atoms with Crippen molar-refractivity contribution < 1.29 is 14.3 Å². The Bertz CT molecular complexity index is 660. The van der Waals surface area contributed by atoms with E-state index in [0.717, 1.165) is 10.0 Å². The maximum atomic E-state index is 13.7. The van der Waals surface area contributed by atoms with Crippen LogP contribution < -0.4 is 5.32 Å². The summed E-state index contributed by atoms with van der Waals surface area (Å²) in [6.07, 6.45) is 0. The van der Waals surface area contributed by atoms with Gasteiger partial charge in [0.05, 0.1) is 5.56 Å². The van der Waals surface area contributed by atoms with E-state index in [0.29, 0.717) is 5.56 Å². The fraction of sp³-hybridized carbons (Fsp3) is 0.188. The first-order valence-corrected chi connectivity index (χ1v) is 7.27. The Hall–Kier alpha value is -1.72. The van der Waals surface area contributed by atoms with E-state index in [9.17, 15) is 9.18 Å². The van der Waals surface area contributed by atoms with Gasteiger partial charge in [0.2, 0.25) is 0 Å². The molecule has 21 heavy (non-hydrogen) atoms. The monoisotopic (exact) mass is 351 g/mol. The highest BCUT2D eigenvalue weighted by Crippen LogP contribution is 2.19. The van der Waals surface area contributed by atoms with Crippen LogP contribution in [0.15, 0.2) is 46.9 Å². The molecule has 1 atom stereocenters. The van der Waals surface area contributed by atoms with Crippen LogP contribution in [-0.4, -0.2) is 11.1 Å². The third-order valence-electron chi connectivity index (χ3n) is 3.24. The molecule has 2 N–H and O–H groups in total. The highest BCUT2D eigenvalue weighted by molar-refractivity contribution is 9.10. The van der Waals surface area contributed by atoms with E-state index in [4.69, 9.17) is 5.11 Å². The van der Waals surface area contributed by atoms with Crippen LogP contribution in [0.4, 0.5) is 4.39 Å². The predicted molar refractivity (Wildman–Crippen MR) is 82.8 cm³/mol. The molecule has 0 saturated carbocycles. The lowest BCUT2D eigenvalue weighted by Crippen LogP contribution is -2.19. The fourth-order valence-corrected chi connectivity index (χ4v) is 2.42. The number of carboxylic acid groups (broad SMARTS) is 1.